The van der Waals surface area contributed by atoms with Gasteiger partial charge in [0.2, 0.25) is 5.90 Å². The van der Waals surface area contributed by atoms with E-state index >= 15 is 0 Å². The summed E-state index contributed by atoms with van der Waals surface area (Å²) in [5.41, 5.74) is 0.816. The van der Waals surface area contributed by atoms with Crippen LogP contribution in [-0.4, -0.2) is 29.6 Å². The average Bonchev–Trinajstić information content (AvgIpc) is 2.68. The van der Waals surface area contributed by atoms with Gasteiger partial charge in [-0.1, -0.05) is 18.2 Å². The van der Waals surface area contributed by atoms with E-state index < -0.39 is 12.0 Å². The summed E-state index contributed by atoms with van der Waals surface area (Å²) in [4.78, 5) is 14.5. The fourth-order valence-corrected chi connectivity index (χ4v) is 1.24. The maximum atomic E-state index is 10.6. The summed E-state index contributed by atoms with van der Waals surface area (Å²) in [7, 11) is 0. The van der Waals surface area contributed by atoms with Crippen molar-refractivity contribution >= 4 is 11.9 Å². The Labute approximate surface area is 80.8 Å². The first-order valence-electron chi connectivity index (χ1n) is 4.26. The Morgan fingerprint density at radius 3 is 2.71 bits per heavy atom. The van der Waals surface area contributed by atoms with E-state index in [1.807, 2.05) is 30.3 Å². The number of carboxylic acids is 1. The van der Waals surface area contributed by atoms with Crippen molar-refractivity contribution in [2.45, 2.75) is 6.04 Å². The fraction of sp³-hybridized carbons (Fsp3) is 0.200. The second kappa shape index (κ2) is 3.49. The molecule has 1 aromatic carbocycles. The molecule has 0 aliphatic carbocycles. The first kappa shape index (κ1) is 8.74. The van der Waals surface area contributed by atoms with Crippen LogP contribution in [0.2, 0.25) is 0 Å². The van der Waals surface area contributed by atoms with Gasteiger partial charge in [0.1, 0.15) is 6.61 Å². The summed E-state index contributed by atoms with van der Waals surface area (Å²) in [6, 6.07) is 8.51. The lowest BCUT2D eigenvalue weighted by Crippen LogP contribution is -2.18. The Morgan fingerprint density at radius 2 is 2.14 bits per heavy atom. The molecule has 4 heteroatoms. The molecule has 14 heavy (non-hydrogen) atoms. The van der Waals surface area contributed by atoms with Gasteiger partial charge in [-0.05, 0) is 12.1 Å². The number of rotatable bonds is 2. The van der Waals surface area contributed by atoms with E-state index in [0.29, 0.717) is 5.90 Å². The Bertz CT molecular complexity index is 372. The number of carboxylic acid groups (broad SMARTS) is 1. The first-order valence-corrected chi connectivity index (χ1v) is 4.26. The molecule has 1 atom stereocenters. The van der Waals surface area contributed by atoms with Crippen LogP contribution in [0.4, 0.5) is 0 Å². The monoisotopic (exact) mass is 191 g/mol. The summed E-state index contributed by atoms with van der Waals surface area (Å²) in [6.45, 7) is 0.125. The first-order chi connectivity index (χ1) is 6.77. The van der Waals surface area contributed by atoms with E-state index in [0.717, 1.165) is 5.56 Å². The molecule has 1 heterocycles. The summed E-state index contributed by atoms with van der Waals surface area (Å²) in [5, 5.41) is 8.69. The van der Waals surface area contributed by atoms with Crippen LogP contribution >= 0.6 is 0 Å². The van der Waals surface area contributed by atoms with Crippen LogP contribution in [0, 0.1) is 0 Å². The van der Waals surface area contributed by atoms with Gasteiger partial charge in [0.15, 0.2) is 6.04 Å². The van der Waals surface area contributed by atoms with Crippen LogP contribution < -0.4 is 0 Å². The number of ether oxygens (including phenoxy) is 1. The number of hydrogen-bond donors (Lipinski definition) is 1. The number of nitrogens with zero attached hydrogens (tertiary/aromatic N) is 1. The third-order valence-electron chi connectivity index (χ3n) is 1.96. The maximum absolute atomic E-state index is 10.6. The average molecular weight is 191 g/mol. The molecule has 0 fully saturated rings. The van der Waals surface area contributed by atoms with Crippen LogP contribution in [0.25, 0.3) is 0 Å². The fourth-order valence-electron chi connectivity index (χ4n) is 1.24. The summed E-state index contributed by atoms with van der Waals surface area (Å²) in [6.07, 6.45) is 0. The zero-order valence-corrected chi connectivity index (χ0v) is 7.38. The van der Waals surface area contributed by atoms with Crippen molar-refractivity contribution in [3.8, 4) is 0 Å². The highest BCUT2D eigenvalue weighted by atomic mass is 16.5. The molecule has 0 saturated heterocycles. The number of carbonyl (C=O) groups is 1. The van der Waals surface area contributed by atoms with E-state index in [4.69, 9.17) is 9.84 Å². The van der Waals surface area contributed by atoms with E-state index in [9.17, 15) is 4.79 Å². The Balaban J connectivity index is 2.22. The molecule has 72 valence electrons. The van der Waals surface area contributed by atoms with Crippen molar-refractivity contribution in [2.75, 3.05) is 6.61 Å². The molecular weight excluding hydrogens is 182 g/mol. The third kappa shape index (κ3) is 1.59. The van der Waals surface area contributed by atoms with E-state index in [-0.39, 0.29) is 6.61 Å². The second-order valence-corrected chi connectivity index (χ2v) is 2.97. The number of aliphatic imine (C=N–C) groups is 1. The van der Waals surface area contributed by atoms with Crippen molar-refractivity contribution in [1.82, 2.24) is 0 Å². The molecule has 2 rings (SSSR count). The van der Waals surface area contributed by atoms with Gasteiger partial charge in [0, 0.05) is 5.56 Å². The quantitative estimate of drug-likeness (QED) is 0.756. The van der Waals surface area contributed by atoms with Crippen molar-refractivity contribution < 1.29 is 14.6 Å². The van der Waals surface area contributed by atoms with Gasteiger partial charge in [-0.3, -0.25) is 0 Å². The molecule has 0 spiro atoms. The molecule has 0 bridgehead atoms. The van der Waals surface area contributed by atoms with E-state index in [1.54, 1.807) is 0 Å². The minimum Gasteiger partial charge on any atom is -0.480 e. The molecule has 0 aromatic heterocycles. The third-order valence-corrected chi connectivity index (χ3v) is 1.96. The smallest absolute Gasteiger partial charge is 0.332 e. The zero-order chi connectivity index (χ0) is 9.97. The number of aliphatic carboxylic acids is 1. The predicted octanol–water partition coefficient (Wildman–Crippen LogP) is 0.917. The second-order valence-electron chi connectivity index (χ2n) is 2.97. The van der Waals surface area contributed by atoms with Gasteiger partial charge >= 0.3 is 5.97 Å². The van der Waals surface area contributed by atoms with E-state index in [1.165, 1.54) is 0 Å². The Kier molecular flexibility index (Phi) is 2.18. The van der Waals surface area contributed by atoms with E-state index in [2.05, 4.69) is 4.99 Å². The molecule has 0 unspecified atom stereocenters. The minimum absolute atomic E-state index is 0.125. The lowest BCUT2D eigenvalue weighted by Gasteiger charge is -1.98. The highest BCUT2D eigenvalue weighted by Gasteiger charge is 2.25. The summed E-state index contributed by atoms with van der Waals surface area (Å²) in [5.74, 6) is -0.533. The highest BCUT2D eigenvalue weighted by Crippen LogP contribution is 2.11. The van der Waals surface area contributed by atoms with Gasteiger partial charge in [0.05, 0.1) is 0 Å². The number of hydrogen-bond acceptors (Lipinski definition) is 3. The van der Waals surface area contributed by atoms with Gasteiger partial charge in [-0.2, -0.15) is 0 Å². The largest absolute Gasteiger partial charge is 0.480 e. The molecule has 4 nitrogen and oxygen atoms in total. The lowest BCUT2D eigenvalue weighted by atomic mass is 10.2. The molecular formula is C10H9NO3. The van der Waals surface area contributed by atoms with Crippen LogP contribution in [0.5, 0.6) is 0 Å². The maximum Gasteiger partial charge on any atom is 0.332 e. The molecule has 1 N–H and O–H groups in total. The van der Waals surface area contributed by atoms with Gasteiger partial charge in [0.25, 0.3) is 0 Å². The molecule has 1 aromatic rings. The van der Waals surface area contributed by atoms with Crippen LogP contribution in [-0.2, 0) is 9.53 Å². The zero-order valence-electron chi connectivity index (χ0n) is 7.38. The molecule has 1 aliphatic heterocycles. The normalized spacial score (nSPS) is 20.0. The van der Waals surface area contributed by atoms with Crippen LogP contribution in [0.15, 0.2) is 35.3 Å². The van der Waals surface area contributed by atoms with Crippen molar-refractivity contribution in [1.29, 1.82) is 0 Å². The van der Waals surface area contributed by atoms with Crippen molar-refractivity contribution in [3.05, 3.63) is 35.9 Å². The van der Waals surface area contributed by atoms with Gasteiger partial charge < -0.3 is 9.84 Å². The Morgan fingerprint density at radius 1 is 1.43 bits per heavy atom. The van der Waals surface area contributed by atoms with Gasteiger partial charge in [-0.15, -0.1) is 0 Å². The number of benzene rings is 1. The molecule has 0 amide bonds. The lowest BCUT2D eigenvalue weighted by molar-refractivity contribution is -0.138. The van der Waals surface area contributed by atoms with Crippen molar-refractivity contribution in [3.63, 3.8) is 0 Å². The summed E-state index contributed by atoms with van der Waals surface area (Å²) >= 11 is 0. The highest BCUT2D eigenvalue weighted by molar-refractivity contribution is 5.97. The predicted molar refractivity (Wildman–Crippen MR) is 50.4 cm³/mol. The summed E-state index contributed by atoms with van der Waals surface area (Å²) < 4.78 is 5.18. The topological polar surface area (TPSA) is 58.9 Å². The van der Waals surface area contributed by atoms with Gasteiger partial charge in [-0.25, -0.2) is 9.79 Å². The van der Waals surface area contributed by atoms with Crippen LogP contribution in [0.3, 0.4) is 0 Å². The molecule has 0 radical (unpaired) electrons. The van der Waals surface area contributed by atoms with Crippen molar-refractivity contribution in [2.24, 2.45) is 4.99 Å². The SMILES string of the molecule is O=C(O)[C@@H]1COC(c2ccccc2)=N1. The Hall–Kier alpha value is -1.84. The van der Waals surface area contributed by atoms with Crippen LogP contribution in [0.1, 0.15) is 5.56 Å². The standard InChI is InChI=1S/C10H9NO3/c12-10(13)8-6-14-9(11-8)7-4-2-1-3-5-7/h1-5,8H,6H2,(H,12,13)/t8-/m0/s1. The minimum atomic E-state index is -0.948. The molecule has 1 aliphatic rings. The molecule has 0 saturated carbocycles.